The molecule has 0 spiro atoms. The van der Waals surface area contributed by atoms with Crippen molar-refractivity contribution in [2.75, 3.05) is 19.8 Å². The Morgan fingerprint density at radius 2 is 0.714 bits per heavy atom. The van der Waals surface area contributed by atoms with E-state index in [1.54, 1.807) is 0 Å². The molecule has 0 radical (unpaired) electrons. The minimum atomic E-state index is -0.328. The van der Waals surface area contributed by atoms with Crippen LogP contribution >= 0.6 is 0 Å². The molecule has 0 aliphatic rings. The molecule has 3 aromatic carbocycles. The van der Waals surface area contributed by atoms with Crippen molar-refractivity contribution in [1.82, 2.24) is 0 Å². The van der Waals surface area contributed by atoms with Crippen molar-refractivity contribution < 1.29 is 14.2 Å². The fourth-order valence-corrected chi connectivity index (χ4v) is 4.16. The van der Waals surface area contributed by atoms with Crippen LogP contribution in [0.15, 0.2) is 72.8 Å². The summed E-state index contributed by atoms with van der Waals surface area (Å²) in [4.78, 5) is 0. The first kappa shape index (κ1) is 26.7. The molecule has 0 aromatic heterocycles. The van der Waals surface area contributed by atoms with Gasteiger partial charge in [-0.25, -0.2) is 0 Å². The van der Waals surface area contributed by atoms with Crippen molar-refractivity contribution in [3.8, 4) is 17.2 Å². The molecular weight excluding hydrogens is 432 g/mol. The molecule has 0 N–H and O–H groups in total. The van der Waals surface area contributed by atoms with Gasteiger partial charge in [0.05, 0.1) is 19.8 Å². The van der Waals surface area contributed by atoms with Gasteiger partial charge in [-0.15, -0.1) is 0 Å². The monoisotopic (exact) mass is 474 g/mol. The zero-order chi connectivity index (χ0) is 24.9. The normalized spacial score (nSPS) is 11.3. The highest BCUT2D eigenvalue weighted by molar-refractivity contribution is 5.52. The molecule has 0 saturated carbocycles. The predicted octanol–water partition coefficient (Wildman–Crippen LogP) is 8.58. The van der Waals surface area contributed by atoms with Gasteiger partial charge in [-0.3, -0.25) is 0 Å². The Balaban J connectivity index is 1.91. The zero-order valence-electron chi connectivity index (χ0n) is 22.0. The van der Waals surface area contributed by atoms with Gasteiger partial charge in [-0.1, -0.05) is 76.4 Å². The number of rotatable bonds is 15. The van der Waals surface area contributed by atoms with Gasteiger partial charge in [-0.2, -0.15) is 0 Å². The maximum absolute atomic E-state index is 5.92. The van der Waals surface area contributed by atoms with E-state index < -0.39 is 0 Å². The first-order valence-corrected chi connectivity index (χ1v) is 13.3. The molecule has 0 aliphatic carbocycles. The second kappa shape index (κ2) is 13.8. The van der Waals surface area contributed by atoms with Gasteiger partial charge < -0.3 is 14.2 Å². The lowest BCUT2D eigenvalue weighted by Gasteiger charge is -2.32. The number of ether oxygens (including phenoxy) is 3. The highest BCUT2D eigenvalue weighted by Crippen LogP contribution is 2.40. The summed E-state index contributed by atoms with van der Waals surface area (Å²) in [7, 11) is 0. The van der Waals surface area contributed by atoms with Crippen LogP contribution in [0.1, 0.15) is 82.9 Å². The molecular formula is C32H42O3. The average Bonchev–Trinajstić information content (AvgIpc) is 2.90. The van der Waals surface area contributed by atoms with Crippen LogP contribution in [-0.4, -0.2) is 19.8 Å². The Bertz CT molecular complexity index is 845. The summed E-state index contributed by atoms with van der Waals surface area (Å²) in [6.45, 7) is 11.1. The first-order valence-electron chi connectivity index (χ1n) is 13.3. The van der Waals surface area contributed by atoms with Crippen LogP contribution in [0.5, 0.6) is 17.2 Å². The van der Waals surface area contributed by atoms with Crippen LogP contribution in [0.2, 0.25) is 0 Å². The van der Waals surface area contributed by atoms with Gasteiger partial charge in [0, 0.05) is 5.41 Å². The molecule has 0 amide bonds. The minimum Gasteiger partial charge on any atom is -0.494 e. The van der Waals surface area contributed by atoms with Crippen LogP contribution in [0.3, 0.4) is 0 Å². The van der Waals surface area contributed by atoms with Crippen LogP contribution in [-0.2, 0) is 5.41 Å². The molecule has 3 aromatic rings. The van der Waals surface area contributed by atoms with Crippen molar-refractivity contribution in [2.24, 2.45) is 0 Å². The zero-order valence-corrected chi connectivity index (χ0v) is 22.0. The van der Waals surface area contributed by atoms with Gasteiger partial charge in [0.1, 0.15) is 17.2 Å². The van der Waals surface area contributed by atoms with Crippen molar-refractivity contribution >= 4 is 0 Å². The Kier molecular flexibility index (Phi) is 10.5. The van der Waals surface area contributed by atoms with E-state index >= 15 is 0 Å². The van der Waals surface area contributed by atoms with Crippen molar-refractivity contribution in [3.63, 3.8) is 0 Å². The molecule has 3 rings (SSSR count). The molecule has 0 fully saturated rings. The summed E-state index contributed by atoms with van der Waals surface area (Å²) < 4.78 is 17.8. The van der Waals surface area contributed by atoms with Gasteiger partial charge in [0.25, 0.3) is 0 Å². The van der Waals surface area contributed by atoms with Crippen LogP contribution in [0, 0.1) is 0 Å². The summed E-state index contributed by atoms with van der Waals surface area (Å²) in [5.74, 6) is 2.76. The molecule has 0 bridgehead atoms. The third kappa shape index (κ3) is 7.27. The second-order valence-electron chi connectivity index (χ2n) is 9.30. The lowest BCUT2D eigenvalue weighted by atomic mass is 9.71. The maximum atomic E-state index is 5.92. The van der Waals surface area contributed by atoms with Crippen molar-refractivity contribution in [3.05, 3.63) is 89.5 Å². The SMILES string of the molecule is CCCCOc1ccc(C(C)(c2ccc(OCCCC)cc2)c2ccc(OCCCC)cc2)cc1. The van der Waals surface area contributed by atoms with Crippen LogP contribution < -0.4 is 14.2 Å². The van der Waals surface area contributed by atoms with E-state index in [1.165, 1.54) is 16.7 Å². The third-order valence-electron chi connectivity index (χ3n) is 6.59. The molecule has 188 valence electrons. The van der Waals surface area contributed by atoms with Crippen molar-refractivity contribution in [2.45, 2.75) is 71.6 Å². The number of hydrogen-bond donors (Lipinski definition) is 0. The minimum absolute atomic E-state index is 0.328. The molecule has 3 nitrogen and oxygen atoms in total. The standard InChI is InChI=1S/C32H42O3/c1-5-8-23-33-29-17-11-26(12-18-29)32(4,27-13-19-30(20-14-27)34-24-9-6-2)28-15-21-31(22-16-28)35-25-10-7-3/h11-22H,5-10,23-25H2,1-4H3. The summed E-state index contributed by atoms with van der Waals surface area (Å²) in [5, 5.41) is 0. The molecule has 0 saturated heterocycles. The summed E-state index contributed by atoms with van der Waals surface area (Å²) in [6, 6.07) is 25.7. The summed E-state index contributed by atoms with van der Waals surface area (Å²) >= 11 is 0. The second-order valence-corrected chi connectivity index (χ2v) is 9.30. The summed E-state index contributed by atoms with van der Waals surface area (Å²) in [5.41, 5.74) is 3.34. The lowest BCUT2D eigenvalue weighted by Crippen LogP contribution is -2.25. The lowest BCUT2D eigenvalue weighted by molar-refractivity contribution is 0.309. The molecule has 0 unspecified atom stereocenters. The number of benzene rings is 3. The molecule has 3 heteroatoms. The quantitative estimate of drug-likeness (QED) is 0.163. The van der Waals surface area contributed by atoms with Gasteiger partial charge in [-0.05, 0) is 79.3 Å². The third-order valence-corrected chi connectivity index (χ3v) is 6.59. The van der Waals surface area contributed by atoms with Crippen molar-refractivity contribution in [1.29, 1.82) is 0 Å². The van der Waals surface area contributed by atoms with Crippen LogP contribution in [0.25, 0.3) is 0 Å². The Labute approximate surface area is 212 Å². The van der Waals surface area contributed by atoms with Crippen LogP contribution in [0.4, 0.5) is 0 Å². The average molecular weight is 475 g/mol. The van der Waals surface area contributed by atoms with Gasteiger partial charge >= 0.3 is 0 Å². The topological polar surface area (TPSA) is 27.7 Å². The smallest absolute Gasteiger partial charge is 0.119 e. The molecule has 0 atom stereocenters. The van der Waals surface area contributed by atoms with E-state index in [0.29, 0.717) is 0 Å². The number of unbranched alkanes of at least 4 members (excludes halogenated alkanes) is 3. The van der Waals surface area contributed by atoms with E-state index in [0.717, 1.165) is 75.6 Å². The highest BCUT2D eigenvalue weighted by Gasteiger charge is 2.31. The fourth-order valence-electron chi connectivity index (χ4n) is 4.16. The van der Waals surface area contributed by atoms with E-state index in [1.807, 2.05) is 0 Å². The maximum Gasteiger partial charge on any atom is 0.119 e. The molecule has 0 heterocycles. The van der Waals surface area contributed by atoms with E-state index in [2.05, 4.69) is 100 Å². The summed E-state index contributed by atoms with van der Waals surface area (Å²) in [6.07, 6.45) is 6.60. The fraction of sp³-hybridized carbons (Fsp3) is 0.438. The Morgan fingerprint density at radius 3 is 0.943 bits per heavy atom. The van der Waals surface area contributed by atoms with E-state index in [4.69, 9.17) is 14.2 Å². The highest BCUT2D eigenvalue weighted by atomic mass is 16.5. The van der Waals surface area contributed by atoms with E-state index in [9.17, 15) is 0 Å². The predicted molar refractivity (Wildman–Crippen MR) is 146 cm³/mol. The molecule has 0 aliphatic heterocycles. The Hall–Kier alpha value is -2.94. The Morgan fingerprint density at radius 1 is 0.457 bits per heavy atom. The first-order chi connectivity index (χ1) is 17.1. The largest absolute Gasteiger partial charge is 0.494 e. The molecule has 35 heavy (non-hydrogen) atoms. The van der Waals surface area contributed by atoms with E-state index in [-0.39, 0.29) is 5.41 Å². The number of hydrogen-bond acceptors (Lipinski definition) is 3. The van der Waals surface area contributed by atoms with Gasteiger partial charge in [0.15, 0.2) is 0 Å². The van der Waals surface area contributed by atoms with Gasteiger partial charge in [0.2, 0.25) is 0 Å².